The van der Waals surface area contributed by atoms with Crippen LogP contribution < -0.4 is 11.3 Å². The average Bonchev–Trinajstić information content (AvgIpc) is 2.00. The lowest BCUT2D eigenvalue weighted by Crippen LogP contribution is -2.21. The van der Waals surface area contributed by atoms with Crippen molar-refractivity contribution < 1.29 is 0 Å². The molecule has 0 fully saturated rings. The monoisotopic (exact) mass is 150 g/mol. The van der Waals surface area contributed by atoms with Crippen molar-refractivity contribution in [3.63, 3.8) is 0 Å². The lowest BCUT2D eigenvalue weighted by atomic mass is 10.2. The Kier molecular flexibility index (Phi) is 4.86. The van der Waals surface area contributed by atoms with E-state index in [0.29, 0.717) is 0 Å². The minimum atomic E-state index is 0.847. The molecule has 0 atom stereocenters. The van der Waals surface area contributed by atoms with Crippen molar-refractivity contribution in [2.75, 3.05) is 0 Å². The summed E-state index contributed by atoms with van der Waals surface area (Å²) >= 11 is 0. The highest BCUT2D eigenvalue weighted by molar-refractivity contribution is 5.31. The summed E-state index contributed by atoms with van der Waals surface area (Å²) < 4.78 is 0. The second kappa shape index (κ2) is 5.50. The molecule has 0 aromatic rings. The van der Waals surface area contributed by atoms with Crippen LogP contribution in [0.1, 0.15) is 6.92 Å². The molecule has 3 N–H and O–H groups in total. The summed E-state index contributed by atoms with van der Waals surface area (Å²) in [5.41, 5.74) is 4.44. The number of hydrogen-bond donors (Lipinski definition) is 2. The third kappa shape index (κ3) is 3.43. The Morgan fingerprint density at radius 3 is 2.18 bits per heavy atom. The number of rotatable bonds is 4. The smallest absolute Gasteiger partial charge is 0.0514 e. The molecule has 11 heavy (non-hydrogen) atoms. The van der Waals surface area contributed by atoms with Crippen molar-refractivity contribution >= 4 is 0 Å². The first-order chi connectivity index (χ1) is 5.26. The second-order valence-electron chi connectivity index (χ2n) is 2.05. The third-order valence-electron chi connectivity index (χ3n) is 1.23. The summed E-state index contributed by atoms with van der Waals surface area (Å²) in [4.78, 5) is 0. The molecule has 60 valence electrons. The highest BCUT2D eigenvalue weighted by atomic mass is 15.2. The van der Waals surface area contributed by atoms with Gasteiger partial charge in [0.05, 0.1) is 5.70 Å². The second-order valence-corrected chi connectivity index (χ2v) is 2.05. The van der Waals surface area contributed by atoms with Crippen molar-refractivity contribution in [1.82, 2.24) is 5.43 Å². The maximum atomic E-state index is 5.25. The summed E-state index contributed by atoms with van der Waals surface area (Å²) in [7, 11) is 0. The van der Waals surface area contributed by atoms with Crippen LogP contribution in [0.15, 0.2) is 48.7 Å². The van der Waals surface area contributed by atoms with Crippen LogP contribution in [0.4, 0.5) is 0 Å². The van der Waals surface area contributed by atoms with Gasteiger partial charge in [-0.3, -0.25) is 5.84 Å². The summed E-state index contributed by atoms with van der Waals surface area (Å²) in [5.74, 6) is 5.25. The maximum Gasteiger partial charge on any atom is 0.0514 e. The zero-order chi connectivity index (χ0) is 8.69. The van der Waals surface area contributed by atoms with Gasteiger partial charge in [0.15, 0.2) is 0 Å². The van der Waals surface area contributed by atoms with Gasteiger partial charge in [-0.15, -0.1) is 0 Å². The van der Waals surface area contributed by atoms with Gasteiger partial charge in [0.25, 0.3) is 0 Å². The van der Waals surface area contributed by atoms with Gasteiger partial charge in [-0.05, 0) is 18.6 Å². The average molecular weight is 150 g/mol. The molecular weight excluding hydrogens is 136 g/mol. The maximum absolute atomic E-state index is 5.25. The van der Waals surface area contributed by atoms with Gasteiger partial charge in [0.1, 0.15) is 0 Å². The molecule has 0 aromatic heterocycles. The molecule has 0 heterocycles. The predicted molar refractivity (Wildman–Crippen MR) is 49.6 cm³/mol. The van der Waals surface area contributed by atoms with Crippen molar-refractivity contribution in [3.8, 4) is 0 Å². The number of hydrazine groups is 1. The lowest BCUT2D eigenvalue weighted by Gasteiger charge is -2.04. The van der Waals surface area contributed by atoms with Gasteiger partial charge in [0, 0.05) is 0 Å². The highest BCUT2D eigenvalue weighted by Crippen LogP contribution is 2.03. The van der Waals surface area contributed by atoms with Gasteiger partial charge >= 0.3 is 0 Å². The Balaban J connectivity index is 4.49. The Labute approximate surface area is 67.8 Å². The Hall–Kier alpha value is -1.28. The quantitative estimate of drug-likeness (QED) is 0.363. The molecule has 0 spiro atoms. The van der Waals surface area contributed by atoms with Gasteiger partial charge in [-0.1, -0.05) is 31.4 Å². The Bertz CT molecular complexity index is 200. The Morgan fingerprint density at radius 1 is 1.27 bits per heavy atom. The van der Waals surface area contributed by atoms with Crippen LogP contribution in [-0.4, -0.2) is 0 Å². The molecule has 0 amide bonds. The molecule has 0 radical (unpaired) electrons. The molecule has 2 nitrogen and oxygen atoms in total. The lowest BCUT2D eigenvalue weighted by molar-refractivity contribution is 0.895. The molecule has 0 rings (SSSR count). The van der Waals surface area contributed by atoms with Gasteiger partial charge in [-0.25, -0.2) is 0 Å². The fourth-order valence-electron chi connectivity index (χ4n) is 0.678. The molecule has 0 bridgehead atoms. The molecular formula is C9H14N2. The molecule has 0 aromatic carbocycles. The third-order valence-corrected chi connectivity index (χ3v) is 1.23. The van der Waals surface area contributed by atoms with E-state index >= 15 is 0 Å². The van der Waals surface area contributed by atoms with Crippen molar-refractivity contribution in [2.24, 2.45) is 5.84 Å². The van der Waals surface area contributed by atoms with Crippen molar-refractivity contribution in [2.45, 2.75) is 6.92 Å². The minimum absolute atomic E-state index is 0.847. The highest BCUT2D eigenvalue weighted by Gasteiger charge is 1.92. The molecule has 0 aliphatic carbocycles. The summed E-state index contributed by atoms with van der Waals surface area (Å²) in [6, 6.07) is 0. The predicted octanol–water partition coefficient (Wildman–Crippen LogP) is 1.65. The van der Waals surface area contributed by atoms with Gasteiger partial charge in [-0.2, -0.15) is 0 Å². The topological polar surface area (TPSA) is 38.0 Å². The van der Waals surface area contributed by atoms with E-state index in [-0.39, 0.29) is 0 Å². The zero-order valence-electron chi connectivity index (χ0n) is 6.80. The summed E-state index contributed by atoms with van der Waals surface area (Å²) in [6.45, 7) is 9.09. The normalized spacial score (nSPS) is 12.5. The summed E-state index contributed by atoms with van der Waals surface area (Å²) in [6.07, 6.45) is 7.06. The molecule has 0 aliphatic rings. The Morgan fingerprint density at radius 2 is 1.82 bits per heavy atom. The fourth-order valence-corrected chi connectivity index (χ4v) is 0.678. The van der Waals surface area contributed by atoms with Crippen LogP contribution in [0.25, 0.3) is 0 Å². The van der Waals surface area contributed by atoms with E-state index < -0.39 is 0 Å². The van der Waals surface area contributed by atoms with E-state index in [2.05, 4.69) is 18.6 Å². The fraction of sp³-hybridized carbons (Fsp3) is 0.111. The van der Waals surface area contributed by atoms with Crippen LogP contribution in [0.3, 0.4) is 0 Å². The first-order valence-corrected chi connectivity index (χ1v) is 3.35. The van der Waals surface area contributed by atoms with E-state index in [0.717, 1.165) is 11.3 Å². The number of hydrogen-bond acceptors (Lipinski definition) is 2. The van der Waals surface area contributed by atoms with E-state index in [1.54, 1.807) is 18.2 Å². The standard InChI is InChI=1S/C9H14N2/c1-4-6-8(3)9(11-10)7-5-2/h4-7,11H,1-2,10H2,3H3/b8-6-,9-7+. The van der Waals surface area contributed by atoms with Crippen LogP contribution in [0.2, 0.25) is 0 Å². The van der Waals surface area contributed by atoms with Crippen LogP contribution in [-0.2, 0) is 0 Å². The SMILES string of the molecule is C=C/C=C(C)\C(=C/C=C)NN. The van der Waals surface area contributed by atoms with E-state index in [1.165, 1.54) is 0 Å². The van der Waals surface area contributed by atoms with Crippen LogP contribution >= 0.6 is 0 Å². The van der Waals surface area contributed by atoms with Crippen molar-refractivity contribution in [1.29, 1.82) is 0 Å². The van der Waals surface area contributed by atoms with Gasteiger partial charge in [0.2, 0.25) is 0 Å². The minimum Gasteiger partial charge on any atom is -0.324 e. The first kappa shape index (κ1) is 9.72. The van der Waals surface area contributed by atoms with Crippen molar-refractivity contribution in [3.05, 3.63) is 48.7 Å². The first-order valence-electron chi connectivity index (χ1n) is 3.35. The molecule has 0 unspecified atom stereocenters. The molecule has 0 saturated carbocycles. The van der Waals surface area contributed by atoms with Crippen LogP contribution in [0, 0.1) is 0 Å². The largest absolute Gasteiger partial charge is 0.324 e. The zero-order valence-corrected chi connectivity index (χ0v) is 6.80. The van der Waals surface area contributed by atoms with E-state index in [9.17, 15) is 0 Å². The van der Waals surface area contributed by atoms with Crippen LogP contribution in [0.5, 0.6) is 0 Å². The van der Waals surface area contributed by atoms with E-state index in [1.807, 2.05) is 13.0 Å². The van der Waals surface area contributed by atoms with E-state index in [4.69, 9.17) is 5.84 Å². The number of nitrogens with one attached hydrogen (secondary N) is 1. The molecule has 0 saturated heterocycles. The molecule has 2 heteroatoms. The van der Waals surface area contributed by atoms with Gasteiger partial charge < -0.3 is 5.43 Å². The number of allylic oxidation sites excluding steroid dienone is 5. The molecule has 0 aliphatic heterocycles. The summed E-state index contributed by atoms with van der Waals surface area (Å²) in [5, 5.41) is 0. The number of nitrogens with two attached hydrogens (primary N) is 1.